The van der Waals surface area contributed by atoms with E-state index in [1.54, 1.807) is 27.7 Å². The Hall–Kier alpha value is -2.08. The fraction of sp³-hybridized carbons (Fsp3) is 0.476. The Balaban J connectivity index is 2.21. The van der Waals surface area contributed by atoms with Gasteiger partial charge in [-0.3, -0.25) is 14.4 Å². The van der Waals surface area contributed by atoms with Gasteiger partial charge in [-0.1, -0.05) is 19.4 Å². The third-order valence-electron chi connectivity index (χ3n) is 5.54. The predicted octanol–water partition coefficient (Wildman–Crippen LogP) is 3.63. The number of carbonyl (C=O) groups is 3. The average Bonchev–Trinajstić information content (AvgIpc) is 2.72. The minimum atomic E-state index is -3.61. The molecule has 2 aliphatic rings. The molecule has 0 aromatic heterocycles. The number of hydrogen-bond donors (Lipinski definition) is 0. The molecular weight excluding hydrogens is 364 g/mol. The van der Waals surface area contributed by atoms with Crippen LogP contribution in [0, 0.1) is 12.3 Å². The second-order valence-corrected chi connectivity index (χ2v) is 10.2. The number of allylic oxidation sites excluding steroid dienone is 2. The standard InChI is InChI=1S/C21H24O5S/c1-12-7-5-6-8-15(22)17(12)19(23)14-9-10-16-18(13(14)2)20(24)21(3,4)11-27(16,25)26/h9-10H,5-8,11H2,1-4H3. The number of carbonyl (C=O) groups excluding carboxylic acids is 3. The fourth-order valence-electron chi connectivity index (χ4n) is 4.05. The molecule has 1 aliphatic carbocycles. The lowest BCUT2D eigenvalue weighted by atomic mass is 9.82. The molecule has 0 saturated carbocycles. The molecule has 5 nitrogen and oxygen atoms in total. The zero-order valence-corrected chi connectivity index (χ0v) is 17.0. The largest absolute Gasteiger partial charge is 0.294 e. The summed E-state index contributed by atoms with van der Waals surface area (Å²) < 4.78 is 25.2. The molecule has 0 atom stereocenters. The van der Waals surface area contributed by atoms with Crippen molar-refractivity contribution in [3.05, 3.63) is 40.0 Å². The monoisotopic (exact) mass is 388 g/mol. The molecule has 1 heterocycles. The van der Waals surface area contributed by atoms with E-state index in [1.807, 2.05) is 0 Å². The number of ketones is 3. The van der Waals surface area contributed by atoms with Crippen LogP contribution in [-0.4, -0.2) is 31.5 Å². The molecule has 6 heteroatoms. The molecule has 0 saturated heterocycles. The van der Waals surface area contributed by atoms with Gasteiger partial charge >= 0.3 is 0 Å². The Labute approximate surface area is 159 Å². The Morgan fingerprint density at radius 3 is 2.33 bits per heavy atom. The van der Waals surface area contributed by atoms with Gasteiger partial charge < -0.3 is 0 Å². The number of hydrogen-bond acceptors (Lipinski definition) is 5. The van der Waals surface area contributed by atoms with Gasteiger partial charge in [0.15, 0.2) is 27.2 Å². The van der Waals surface area contributed by atoms with Crippen LogP contribution in [0.15, 0.2) is 28.2 Å². The quantitative estimate of drug-likeness (QED) is 0.570. The third-order valence-corrected chi connectivity index (χ3v) is 7.65. The van der Waals surface area contributed by atoms with Crippen LogP contribution in [-0.2, 0) is 14.6 Å². The summed E-state index contributed by atoms with van der Waals surface area (Å²) in [4.78, 5) is 38.6. The van der Waals surface area contributed by atoms with Crippen molar-refractivity contribution in [3.63, 3.8) is 0 Å². The zero-order chi connectivity index (χ0) is 20.1. The van der Waals surface area contributed by atoms with Gasteiger partial charge in [0.05, 0.1) is 16.2 Å². The zero-order valence-electron chi connectivity index (χ0n) is 16.1. The molecule has 0 unspecified atom stereocenters. The second kappa shape index (κ2) is 6.51. The van der Waals surface area contributed by atoms with E-state index in [0.29, 0.717) is 18.4 Å². The van der Waals surface area contributed by atoms with Gasteiger partial charge in [0.2, 0.25) is 0 Å². The van der Waals surface area contributed by atoms with Gasteiger partial charge in [-0.15, -0.1) is 0 Å². The second-order valence-electron chi connectivity index (χ2n) is 8.20. The van der Waals surface area contributed by atoms with E-state index in [1.165, 1.54) is 12.1 Å². The average molecular weight is 388 g/mol. The first-order chi connectivity index (χ1) is 12.5. The SMILES string of the molecule is CC1=C(C(=O)c2ccc3c(c2C)C(=O)C(C)(C)CS3(=O)=O)C(=O)CCCC1. The van der Waals surface area contributed by atoms with Crippen LogP contribution in [0.1, 0.15) is 72.7 Å². The first kappa shape index (κ1) is 19.7. The normalized spacial score (nSPS) is 21.6. The molecule has 0 N–H and O–H groups in total. The number of benzene rings is 1. The molecular formula is C21H24O5S. The minimum absolute atomic E-state index is 0.0150. The Kier molecular flexibility index (Phi) is 4.75. The van der Waals surface area contributed by atoms with Crippen molar-refractivity contribution in [2.24, 2.45) is 5.41 Å². The van der Waals surface area contributed by atoms with Gasteiger partial charge in [0, 0.05) is 23.0 Å². The van der Waals surface area contributed by atoms with Crippen molar-refractivity contribution in [2.45, 2.75) is 58.3 Å². The Bertz CT molecular complexity index is 1010. The van der Waals surface area contributed by atoms with Crippen molar-refractivity contribution in [2.75, 3.05) is 5.75 Å². The topological polar surface area (TPSA) is 85.3 Å². The summed E-state index contributed by atoms with van der Waals surface area (Å²) in [6.45, 7) is 6.59. The molecule has 1 aromatic rings. The molecule has 0 bridgehead atoms. The van der Waals surface area contributed by atoms with E-state index in [-0.39, 0.29) is 38.9 Å². The van der Waals surface area contributed by atoms with E-state index in [0.717, 1.165) is 18.4 Å². The molecule has 0 radical (unpaired) electrons. The van der Waals surface area contributed by atoms with Gasteiger partial charge in [0.1, 0.15) is 0 Å². The van der Waals surface area contributed by atoms with E-state index in [9.17, 15) is 22.8 Å². The first-order valence-electron chi connectivity index (χ1n) is 9.16. The molecule has 1 aliphatic heterocycles. The lowest BCUT2D eigenvalue weighted by molar-refractivity contribution is -0.115. The minimum Gasteiger partial charge on any atom is -0.294 e. The van der Waals surface area contributed by atoms with E-state index in [4.69, 9.17) is 0 Å². The predicted molar refractivity (Wildman–Crippen MR) is 102 cm³/mol. The van der Waals surface area contributed by atoms with E-state index < -0.39 is 21.0 Å². The maximum absolute atomic E-state index is 13.2. The van der Waals surface area contributed by atoms with Crippen LogP contribution in [0.3, 0.4) is 0 Å². The van der Waals surface area contributed by atoms with Crippen LogP contribution < -0.4 is 0 Å². The number of rotatable bonds is 2. The number of sulfone groups is 1. The van der Waals surface area contributed by atoms with Crippen LogP contribution in [0.2, 0.25) is 0 Å². The number of fused-ring (bicyclic) bond motifs is 1. The molecule has 144 valence electrons. The van der Waals surface area contributed by atoms with E-state index in [2.05, 4.69) is 0 Å². The van der Waals surface area contributed by atoms with Crippen LogP contribution in [0.25, 0.3) is 0 Å². The van der Waals surface area contributed by atoms with Gasteiger partial charge in [-0.05, 0) is 50.8 Å². The highest BCUT2D eigenvalue weighted by molar-refractivity contribution is 7.91. The van der Waals surface area contributed by atoms with Gasteiger partial charge in [-0.25, -0.2) is 8.42 Å². The highest BCUT2D eigenvalue weighted by atomic mass is 32.2. The first-order valence-corrected chi connectivity index (χ1v) is 10.8. The Morgan fingerprint density at radius 2 is 1.67 bits per heavy atom. The molecule has 3 rings (SSSR count). The summed E-state index contributed by atoms with van der Waals surface area (Å²) in [6, 6.07) is 2.78. The van der Waals surface area contributed by atoms with Crippen LogP contribution in [0.4, 0.5) is 0 Å². The summed E-state index contributed by atoms with van der Waals surface area (Å²) in [5, 5.41) is 0. The molecule has 0 amide bonds. The van der Waals surface area contributed by atoms with Crippen LogP contribution >= 0.6 is 0 Å². The maximum atomic E-state index is 13.2. The Morgan fingerprint density at radius 1 is 1.04 bits per heavy atom. The number of Topliss-reactive ketones (excluding diaryl/α,β-unsaturated/α-hetero) is 3. The highest BCUT2D eigenvalue weighted by Crippen LogP contribution is 2.38. The smallest absolute Gasteiger partial charge is 0.196 e. The molecule has 0 spiro atoms. The van der Waals surface area contributed by atoms with Crippen molar-refractivity contribution in [3.8, 4) is 0 Å². The van der Waals surface area contributed by atoms with Gasteiger partial charge in [0.25, 0.3) is 0 Å². The third kappa shape index (κ3) is 3.20. The fourth-order valence-corrected chi connectivity index (χ4v) is 6.12. The lowest BCUT2D eigenvalue weighted by Crippen LogP contribution is -2.39. The van der Waals surface area contributed by atoms with Crippen molar-refractivity contribution >= 4 is 27.2 Å². The lowest BCUT2D eigenvalue weighted by Gasteiger charge is -2.31. The maximum Gasteiger partial charge on any atom is 0.196 e. The van der Waals surface area contributed by atoms with E-state index >= 15 is 0 Å². The van der Waals surface area contributed by atoms with Crippen LogP contribution in [0.5, 0.6) is 0 Å². The summed E-state index contributed by atoms with van der Waals surface area (Å²) in [5.74, 6) is -1.11. The van der Waals surface area contributed by atoms with Crippen molar-refractivity contribution in [1.29, 1.82) is 0 Å². The molecule has 0 fully saturated rings. The molecule has 1 aromatic carbocycles. The van der Waals surface area contributed by atoms with Gasteiger partial charge in [-0.2, -0.15) is 0 Å². The molecule has 27 heavy (non-hydrogen) atoms. The summed E-state index contributed by atoms with van der Waals surface area (Å²) in [6.07, 6.45) is 2.64. The summed E-state index contributed by atoms with van der Waals surface area (Å²) >= 11 is 0. The summed E-state index contributed by atoms with van der Waals surface area (Å²) in [7, 11) is -3.61. The highest BCUT2D eigenvalue weighted by Gasteiger charge is 2.44. The summed E-state index contributed by atoms with van der Waals surface area (Å²) in [5.41, 5.74) is 0.582. The van der Waals surface area contributed by atoms with Crippen molar-refractivity contribution in [1.82, 2.24) is 0 Å². The van der Waals surface area contributed by atoms with Crippen molar-refractivity contribution < 1.29 is 22.8 Å².